The number of anilines is 1. The molecule has 0 saturated carbocycles. The topological polar surface area (TPSA) is 46.0 Å². The summed E-state index contributed by atoms with van der Waals surface area (Å²) in [4.78, 5) is 11.6. The molecular formula is C26H24BrN5S. The molecule has 1 aliphatic heterocycles. The Kier molecular flexibility index (Phi) is 5.76. The molecule has 0 spiro atoms. The van der Waals surface area contributed by atoms with Crippen molar-refractivity contribution in [2.24, 2.45) is 0 Å². The molecule has 7 heteroatoms. The van der Waals surface area contributed by atoms with Crippen LogP contribution in [0.25, 0.3) is 5.82 Å². The first-order valence-corrected chi connectivity index (χ1v) is 12.0. The number of halogens is 1. The summed E-state index contributed by atoms with van der Waals surface area (Å²) >= 11 is 9.41. The SMILES string of the molecule is Cc1cccnc1-n1c(C)cc([C@H]2[C@H](c3ccccn3)NC(=S)N2c2ccc(Br)cc2)c1C. The molecule has 1 aliphatic rings. The third-order valence-corrected chi connectivity index (χ3v) is 7.03. The van der Waals surface area contributed by atoms with Crippen LogP contribution < -0.4 is 10.2 Å². The monoisotopic (exact) mass is 517 g/mol. The van der Waals surface area contributed by atoms with Gasteiger partial charge in [0, 0.05) is 33.9 Å². The molecule has 0 radical (unpaired) electrons. The van der Waals surface area contributed by atoms with Gasteiger partial charge in [0.2, 0.25) is 0 Å². The molecule has 0 aliphatic carbocycles. The molecule has 5 rings (SSSR count). The van der Waals surface area contributed by atoms with Crippen LogP contribution in [0.1, 0.15) is 40.3 Å². The maximum Gasteiger partial charge on any atom is 0.174 e. The Labute approximate surface area is 207 Å². The Bertz CT molecular complexity index is 1320. The van der Waals surface area contributed by atoms with Gasteiger partial charge in [0.15, 0.2) is 5.11 Å². The molecule has 2 atom stereocenters. The number of nitrogens with zero attached hydrogens (tertiary/aromatic N) is 4. The van der Waals surface area contributed by atoms with E-state index in [0.717, 1.165) is 38.6 Å². The maximum atomic E-state index is 5.86. The molecule has 1 N–H and O–H groups in total. The Morgan fingerprint density at radius 1 is 0.939 bits per heavy atom. The van der Waals surface area contributed by atoms with Gasteiger partial charge in [0.25, 0.3) is 0 Å². The van der Waals surface area contributed by atoms with Crippen molar-refractivity contribution in [3.8, 4) is 5.82 Å². The van der Waals surface area contributed by atoms with E-state index in [1.165, 1.54) is 5.56 Å². The minimum atomic E-state index is -0.0823. The highest BCUT2D eigenvalue weighted by atomic mass is 79.9. The van der Waals surface area contributed by atoms with Crippen LogP contribution >= 0.6 is 28.1 Å². The molecule has 33 heavy (non-hydrogen) atoms. The highest BCUT2D eigenvalue weighted by Crippen LogP contribution is 2.43. The average molecular weight is 518 g/mol. The number of aryl methyl sites for hydroxylation is 2. The van der Waals surface area contributed by atoms with Gasteiger partial charge < -0.3 is 14.8 Å². The second kappa shape index (κ2) is 8.72. The van der Waals surface area contributed by atoms with Crippen LogP contribution in [0.2, 0.25) is 0 Å². The van der Waals surface area contributed by atoms with Crippen molar-refractivity contribution in [2.75, 3.05) is 4.90 Å². The third kappa shape index (κ3) is 3.85. The molecule has 166 valence electrons. The van der Waals surface area contributed by atoms with E-state index < -0.39 is 0 Å². The van der Waals surface area contributed by atoms with Crippen LogP contribution in [0, 0.1) is 20.8 Å². The lowest BCUT2D eigenvalue weighted by Crippen LogP contribution is -2.29. The summed E-state index contributed by atoms with van der Waals surface area (Å²) in [5.74, 6) is 0.955. The van der Waals surface area contributed by atoms with E-state index in [2.05, 4.69) is 91.8 Å². The summed E-state index contributed by atoms with van der Waals surface area (Å²) in [5.41, 5.74) is 6.62. The van der Waals surface area contributed by atoms with Crippen molar-refractivity contribution >= 4 is 38.9 Å². The maximum absolute atomic E-state index is 5.86. The molecule has 3 aromatic heterocycles. The van der Waals surface area contributed by atoms with Crippen LogP contribution in [0.4, 0.5) is 5.69 Å². The van der Waals surface area contributed by atoms with Crippen LogP contribution in [-0.2, 0) is 0 Å². The summed E-state index contributed by atoms with van der Waals surface area (Å²) in [6.45, 7) is 6.39. The number of nitrogens with one attached hydrogen (secondary N) is 1. The molecule has 0 amide bonds. The fraction of sp³-hybridized carbons (Fsp3) is 0.192. The van der Waals surface area contributed by atoms with Gasteiger partial charge in [-0.3, -0.25) is 4.98 Å². The van der Waals surface area contributed by atoms with Crippen molar-refractivity contribution in [3.63, 3.8) is 0 Å². The van der Waals surface area contributed by atoms with E-state index in [1.54, 1.807) is 0 Å². The minimum absolute atomic E-state index is 0.0578. The van der Waals surface area contributed by atoms with E-state index in [0.29, 0.717) is 5.11 Å². The number of hydrogen-bond acceptors (Lipinski definition) is 3. The lowest BCUT2D eigenvalue weighted by Gasteiger charge is -2.28. The lowest BCUT2D eigenvalue weighted by molar-refractivity contribution is 0.565. The van der Waals surface area contributed by atoms with E-state index in [1.807, 2.05) is 42.7 Å². The number of thiocarbonyl (C=S) groups is 1. The van der Waals surface area contributed by atoms with Gasteiger partial charge in [0.05, 0.1) is 17.8 Å². The summed E-state index contributed by atoms with van der Waals surface area (Å²) in [7, 11) is 0. The second-order valence-electron chi connectivity index (χ2n) is 8.28. The van der Waals surface area contributed by atoms with Crippen LogP contribution in [-0.4, -0.2) is 19.6 Å². The Balaban J connectivity index is 1.69. The van der Waals surface area contributed by atoms with Crippen LogP contribution in [0.15, 0.2) is 77.5 Å². The number of pyridine rings is 2. The van der Waals surface area contributed by atoms with Gasteiger partial charge in [0.1, 0.15) is 5.82 Å². The predicted octanol–water partition coefficient (Wildman–Crippen LogP) is 6.13. The Morgan fingerprint density at radius 2 is 1.70 bits per heavy atom. The zero-order valence-electron chi connectivity index (χ0n) is 18.7. The molecule has 1 saturated heterocycles. The fourth-order valence-corrected chi connectivity index (χ4v) is 5.29. The lowest BCUT2D eigenvalue weighted by atomic mass is 9.96. The van der Waals surface area contributed by atoms with Crippen molar-refractivity contribution in [2.45, 2.75) is 32.9 Å². The molecular weight excluding hydrogens is 494 g/mol. The predicted molar refractivity (Wildman–Crippen MR) is 140 cm³/mol. The molecule has 1 aromatic carbocycles. The zero-order valence-corrected chi connectivity index (χ0v) is 21.1. The van der Waals surface area contributed by atoms with E-state index in [4.69, 9.17) is 12.2 Å². The summed E-state index contributed by atoms with van der Waals surface area (Å²) < 4.78 is 3.27. The van der Waals surface area contributed by atoms with Crippen molar-refractivity contribution in [1.29, 1.82) is 0 Å². The van der Waals surface area contributed by atoms with Gasteiger partial charge in [-0.2, -0.15) is 0 Å². The standard InChI is InChI=1S/C26H24BrN5S/c1-16-7-6-14-29-25(16)31-17(2)15-21(18(31)3)24-23(22-8-4-5-13-28-22)30-26(33)32(24)20-11-9-19(27)10-12-20/h4-15,23-24H,1-3H3,(H,30,33)/t23-,24-/m0/s1. The van der Waals surface area contributed by atoms with Gasteiger partial charge >= 0.3 is 0 Å². The first-order chi connectivity index (χ1) is 16.0. The van der Waals surface area contributed by atoms with Crippen molar-refractivity contribution in [1.82, 2.24) is 19.9 Å². The first-order valence-electron chi connectivity index (χ1n) is 10.8. The quantitative estimate of drug-likeness (QED) is 0.329. The van der Waals surface area contributed by atoms with E-state index in [9.17, 15) is 0 Å². The molecule has 4 aromatic rings. The van der Waals surface area contributed by atoms with E-state index >= 15 is 0 Å². The summed E-state index contributed by atoms with van der Waals surface area (Å²) in [6, 6.07) is 20.5. The van der Waals surface area contributed by atoms with E-state index in [-0.39, 0.29) is 12.1 Å². The zero-order chi connectivity index (χ0) is 23.1. The Morgan fingerprint density at radius 3 is 2.39 bits per heavy atom. The van der Waals surface area contributed by atoms with Gasteiger partial charge in [-0.25, -0.2) is 4.98 Å². The summed E-state index contributed by atoms with van der Waals surface area (Å²) in [6.07, 6.45) is 3.68. The van der Waals surface area contributed by atoms with Crippen molar-refractivity contribution in [3.05, 3.63) is 106 Å². The summed E-state index contributed by atoms with van der Waals surface area (Å²) in [5, 5.41) is 4.24. The minimum Gasteiger partial charge on any atom is -0.351 e. The fourth-order valence-electron chi connectivity index (χ4n) is 4.68. The molecule has 0 bridgehead atoms. The number of rotatable bonds is 4. The molecule has 5 nitrogen and oxygen atoms in total. The van der Waals surface area contributed by atoms with Crippen LogP contribution in [0.3, 0.4) is 0 Å². The van der Waals surface area contributed by atoms with Gasteiger partial charge in [-0.05, 0) is 92.6 Å². The van der Waals surface area contributed by atoms with Gasteiger partial charge in [-0.15, -0.1) is 0 Å². The highest BCUT2D eigenvalue weighted by molar-refractivity contribution is 9.10. The molecule has 0 unspecified atom stereocenters. The highest BCUT2D eigenvalue weighted by Gasteiger charge is 2.42. The number of aromatic nitrogens is 3. The largest absolute Gasteiger partial charge is 0.351 e. The van der Waals surface area contributed by atoms with Crippen LogP contribution in [0.5, 0.6) is 0 Å². The molecule has 1 fully saturated rings. The average Bonchev–Trinajstić information content (AvgIpc) is 3.31. The Hall–Kier alpha value is -3.03. The first kappa shape index (κ1) is 21.8. The normalized spacial score (nSPS) is 17.9. The number of benzene rings is 1. The third-order valence-electron chi connectivity index (χ3n) is 6.19. The molecule has 4 heterocycles. The van der Waals surface area contributed by atoms with Crippen molar-refractivity contribution < 1.29 is 0 Å². The number of hydrogen-bond donors (Lipinski definition) is 1. The smallest absolute Gasteiger partial charge is 0.174 e. The second-order valence-corrected chi connectivity index (χ2v) is 9.58. The van der Waals surface area contributed by atoms with Gasteiger partial charge in [-0.1, -0.05) is 28.1 Å².